The lowest BCUT2D eigenvalue weighted by atomic mass is 10.0. The number of halogens is 1. The summed E-state index contributed by atoms with van der Waals surface area (Å²) in [5.74, 6) is -2.31. The minimum Gasteiger partial charge on any atom is -0.515 e. The maximum atomic E-state index is 11.6. The number of carbonyl (C=O) groups excluding carboxylic acids is 4. The number of hydrogen-bond donors (Lipinski definition) is 2. The smallest absolute Gasteiger partial charge is 0.341 e. The second-order valence-corrected chi connectivity index (χ2v) is 14.7. The number of carboxylic acids is 1. The molecule has 2 N–H and O–H groups in total. The van der Waals surface area contributed by atoms with Crippen molar-refractivity contribution in [2.75, 3.05) is 42.7 Å². The van der Waals surface area contributed by atoms with Crippen molar-refractivity contribution in [3.8, 4) is 0 Å². The number of rotatable bonds is 13. The van der Waals surface area contributed by atoms with Gasteiger partial charge in [-0.3, -0.25) is 9.59 Å². The Kier molecular flexibility index (Phi) is 28.5. The van der Waals surface area contributed by atoms with Crippen LogP contribution in [0.5, 0.6) is 0 Å². The third kappa shape index (κ3) is 20.4. The number of aliphatic hydroxyl groups is 1. The van der Waals surface area contributed by atoms with E-state index < -0.39 is 23.9 Å². The van der Waals surface area contributed by atoms with E-state index in [1.165, 1.54) is 55.2 Å². The molecular weight excluding hydrogens is 936 g/mol. The average molecular weight is 998 g/mol. The molecule has 14 heteroatoms. The first kappa shape index (κ1) is 58.6. The molecule has 0 aliphatic rings. The van der Waals surface area contributed by atoms with Crippen LogP contribution in [-0.2, 0) is 70.6 Å². The van der Waals surface area contributed by atoms with Gasteiger partial charge in [-0.2, -0.15) is 0 Å². The number of benzene rings is 5. The van der Waals surface area contributed by atoms with Crippen LogP contribution in [0.3, 0.4) is 0 Å². The summed E-state index contributed by atoms with van der Waals surface area (Å²) >= 11 is 3.38. The van der Waals surface area contributed by atoms with Crippen LogP contribution in [0.4, 0.5) is 0 Å². The van der Waals surface area contributed by atoms with Gasteiger partial charge in [0.25, 0.3) is 0 Å². The molecule has 362 valence electrons. The Hall–Kier alpha value is -7.45. The fourth-order valence-corrected chi connectivity index (χ4v) is 6.39. The molecule has 0 radical (unpaired) electrons. The topological polar surface area (TPSA) is 181 Å². The van der Waals surface area contributed by atoms with Gasteiger partial charge in [0.1, 0.15) is 16.7 Å². The maximum absolute atomic E-state index is 11.6. The van der Waals surface area contributed by atoms with Gasteiger partial charge >= 0.3 is 29.8 Å². The normalized spacial score (nSPS) is 10.5. The minimum atomic E-state index is -0.778. The summed E-state index contributed by atoms with van der Waals surface area (Å²) in [6, 6.07) is 37.8. The quantitative estimate of drug-likeness (QED) is 0.0374. The lowest BCUT2D eigenvalue weighted by Gasteiger charge is -2.09. The van der Waals surface area contributed by atoms with Gasteiger partial charge in [0, 0.05) is 5.33 Å². The molecule has 5 aromatic carbocycles. The number of alkyl halides is 1. The SMILES string of the molecule is CO/C=C(/C(=O)OC)c1ccccc1C.CO/C=C(/C(=O)OC)c1ccccc1CBr.COC(=O)/C(=C/O)c1ccccc1C.COC(=O)Cc1ccccc1C.Cc1ccccc1CC(=O)O. The molecule has 0 spiro atoms. The van der Waals surface area contributed by atoms with Crippen LogP contribution in [0, 0.1) is 27.7 Å². The van der Waals surface area contributed by atoms with Gasteiger partial charge in [0.05, 0.1) is 74.3 Å². The molecule has 5 aromatic rings. The Bertz CT molecular complexity index is 2490. The van der Waals surface area contributed by atoms with Gasteiger partial charge in [-0.05, 0) is 83.3 Å². The fourth-order valence-electron chi connectivity index (χ4n) is 5.90. The Morgan fingerprint density at radius 1 is 0.456 bits per heavy atom. The maximum Gasteiger partial charge on any atom is 0.341 e. The standard InChI is InChI=1S/C12H13BrO3.C12H14O3.C11H12O3.C10H12O2.C9H10O2/c1-15-8-11(12(14)16-2)10-6-4-3-5-9(10)7-13;1-9-6-4-5-7-10(9)11(8-14-2)12(13)15-3;1-8-5-3-4-6-9(8)10(7-12)11(13)14-2;1-8-5-3-4-6-9(8)7-10(11)12-2;1-7-4-2-3-5-8(7)6-9(10)11/h3-6,8H,7H2,1-2H3;4-8H,1-3H3;3-7,12H,1-2H3;3-6H,7H2,1-2H3;2-5H,6H2,1H3,(H,10,11)/b2*11-8+;10-7+;;. The van der Waals surface area contributed by atoms with E-state index in [4.69, 9.17) is 24.4 Å². The van der Waals surface area contributed by atoms with E-state index in [9.17, 15) is 24.0 Å². The summed E-state index contributed by atoms with van der Waals surface area (Å²) in [6.45, 7) is 7.69. The third-order valence-corrected chi connectivity index (χ3v) is 10.2. The van der Waals surface area contributed by atoms with Crippen molar-refractivity contribution in [1.29, 1.82) is 0 Å². The van der Waals surface area contributed by atoms with E-state index in [1.807, 2.05) is 137 Å². The van der Waals surface area contributed by atoms with Crippen LogP contribution in [-0.4, -0.2) is 82.7 Å². The molecule has 0 aliphatic carbocycles. The first-order valence-electron chi connectivity index (χ1n) is 20.8. The lowest BCUT2D eigenvalue weighted by Crippen LogP contribution is -2.06. The molecule has 68 heavy (non-hydrogen) atoms. The van der Waals surface area contributed by atoms with Crippen molar-refractivity contribution in [2.24, 2.45) is 0 Å². The van der Waals surface area contributed by atoms with E-state index in [0.717, 1.165) is 56.3 Å². The zero-order valence-corrected chi connectivity index (χ0v) is 41.7. The highest BCUT2D eigenvalue weighted by Gasteiger charge is 2.17. The van der Waals surface area contributed by atoms with E-state index in [2.05, 4.69) is 30.1 Å². The number of ether oxygens (including phenoxy) is 6. The van der Waals surface area contributed by atoms with E-state index in [0.29, 0.717) is 28.5 Å². The van der Waals surface area contributed by atoms with Crippen molar-refractivity contribution in [3.63, 3.8) is 0 Å². The molecule has 5 rings (SSSR count). The van der Waals surface area contributed by atoms with Crippen molar-refractivity contribution in [1.82, 2.24) is 0 Å². The average Bonchev–Trinajstić information content (AvgIpc) is 3.35. The molecule has 0 saturated heterocycles. The van der Waals surface area contributed by atoms with E-state index in [-0.39, 0.29) is 18.0 Å². The second-order valence-electron chi connectivity index (χ2n) is 14.1. The molecule has 0 bridgehead atoms. The Morgan fingerprint density at radius 2 is 0.794 bits per heavy atom. The van der Waals surface area contributed by atoms with Crippen LogP contribution in [0.1, 0.15) is 55.6 Å². The molecule has 0 aliphatic heterocycles. The zero-order chi connectivity index (χ0) is 51.0. The van der Waals surface area contributed by atoms with Gasteiger partial charge in [-0.25, -0.2) is 14.4 Å². The molecule has 0 fully saturated rings. The molecule has 0 unspecified atom stereocenters. The highest BCUT2D eigenvalue weighted by atomic mass is 79.9. The third-order valence-electron chi connectivity index (χ3n) is 9.57. The van der Waals surface area contributed by atoms with Crippen molar-refractivity contribution < 1.29 is 62.6 Å². The highest BCUT2D eigenvalue weighted by Crippen LogP contribution is 2.23. The molecule has 13 nitrogen and oxygen atoms in total. The number of hydrogen-bond acceptors (Lipinski definition) is 12. The van der Waals surface area contributed by atoms with Gasteiger partial charge in [0.2, 0.25) is 0 Å². The van der Waals surface area contributed by atoms with Crippen molar-refractivity contribution in [3.05, 3.63) is 196 Å². The summed E-state index contributed by atoms with van der Waals surface area (Å²) in [5, 5.41) is 18.1. The first-order chi connectivity index (χ1) is 32.6. The molecule has 0 atom stereocenters. The minimum absolute atomic E-state index is 0.118. The Morgan fingerprint density at radius 3 is 1.15 bits per heavy atom. The second kappa shape index (κ2) is 33.1. The first-order valence-corrected chi connectivity index (χ1v) is 21.9. The van der Waals surface area contributed by atoms with Crippen molar-refractivity contribution >= 4 is 62.5 Å². The Labute approximate surface area is 407 Å². The number of carboxylic acid groups (broad SMARTS) is 1. The zero-order valence-electron chi connectivity index (χ0n) is 40.2. The largest absolute Gasteiger partial charge is 0.515 e. The van der Waals surface area contributed by atoms with Crippen LogP contribution in [0.15, 0.2) is 140 Å². The van der Waals surface area contributed by atoms with Gasteiger partial charge in [0.15, 0.2) is 0 Å². The van der Waals surface area contributed by atoms with Gasteiger partial charge < -0.3 is 38.6 Å². The lowest BCUT2D eigenvalue weighted by molar-refractivity contribution is -0.140. The number of esters is 4. The highest BCUT2D eigenvalue weighted by molar-refractivity contribution is 9.08. The Balaban J connectivity index is 0.000000427. The van der Waals surface area contributed by atoms with Crippen LogP contribution in [0.2, 0.25) is 0 Å². The summed E-state index contributed by atoms with van der Waals surface area (Å²) in [7, 11) is 8.39. The fraction of sp³-hybridized carbons (Fsp3) is 0.241. The van der Waals surface area contributed by atoms with Gasteiger partial charge in [-0.1, -0.05) is 137 Å². The number of aliphatic carboxylic acids is 1. The molecule has 0 amide bonds. The number of aliphatic hydroxyl groups excluding tert-OH is 1. The summed E-state index contributed by atoms with van der Waals surface area (Å²) < 4.78 is 28.3. The van der Waals surface area contributed by atoms with Crippen LogP contribution in [0.25, 0.3) is 16.7 Å². The summed E-state index contributed by atoms with van der Waals surface area (Å²) in [5.41, 5.74) is 10.4. The van der Waals surface area contributed by atoms with Gasteiger partial charge in [-0.15, -0.1) is 0 Å². The molecule has 0 saturated carbocycles. The summed E-state index contributed by atoms with van der Waals surface area (Å²) in [4.78, 5) is 55.5. The molecule has 0 aromatic heterocycles. The number of aryl methyl sites for hydroxylation is 4. The summed E-state index contributed by atoms with van der Waals surface area (Å²) in [6.07, 6.45) is 4.05. The molecule has 0 heterocycles. The monoisotopic (exact) mass is 996 g/mol. The van der Waals surface area contributed by atoms with E-state index >= 15 is 0 Å². The van der Waals surface area contributed by atoms with E-state index in [1.54, 1.807) is 12.1 Å². The number of methoxy groups -OCH3 is 6. The molecular formula is C54H61BrO13. The van der Waals surface area contributed by atoms with Crippen molar-refractivity contribution in [2.45, 2.75) is 45.9 Å². The predicted octanol–water partition coefficient (Wildman–Crippen LogP) is 10.3. The van der Waals surface area contributed by atoms with Crippen LogP contribution >= 0.6 is 15.9 Å². The van der Waals surface area contributed by atoms with Crippen LogP contribution < -0.4 is 0 Å². The predicted molar refractivity (Wildman–Crippen MR) is 267 cm³/mol. The number of carbonyl (C=O) groups is 5.